The van der Waals surface area contributed by atoms with Gasteiger partial charge in [0, 0.05) is 22.5 Å². The molecule has 0 aliphatic heterocycles. The number of hydrogen-bond donors (Lipinski definition) is 1. The quantitative estimate of drug-likeness (QED) is 0.676. The molecular weight excluding hydrogens is 393 g/mol. The molecule has 5 heteroatoms. The van der Waals surface area contributed by atoms with E-state index in [2.05, 4.69) is 31.1 Å². The number of hydrogen-bond acceptors (Lipinski definition) is 3. The molecule has 3 rings (SSSR count). The van der Waals surface area contributed by atoms with Crippen LogP contribution in [0.1, 0.15) is 30.4 Å². The first-order valence-electron chi connectivity index (χ1n) is 9.77. The Bertz CT molecular complexity index is 791. The van der Waals surface area contributed by atoms with E-state index in [-0.39, 0.29) is 5.92 Å². The number of benzene rings is 2. The van der Waals surface area contributed by atoms with Crippen LogP contribution in [0.3, 0.4) is 0 Å². The molecule has 0 heterocycles. The second-order valence-electron chi connectivity index (χ2n) is 8.24. The van der Waals surface area contributed by atoms with Gasteiger partial charge < -0.3 is 14.7 Å². The molecule has 3 atom stereocenters. The molecule has 0 spiro atoms. The second-order valence-corrected chi connectivity index (χ2v) is 9.11. The fraction of sp³-hybridized carbons (Fsp3) is 0.478. The van der Waals surface area contributed by atoms with E-state index in [4.69, 9.17) is 27.9 Å². The molecule has 0 amide bonds. The van der Waals surface area contributed by atoms with Crippen molar-refractivity contribution in [3.8, 4) is 5.75 Å². The van der Waals surface area contributed by atoms with Gasteiger partial charge in [-0.3, -0.25) is 0 Å². The Hall–Kier alpha value is -1.26. The summed E-state index contributed by atoms with van der Waals surface area (Å²) in [5.41, 5.74) is 1.20. The minimum atomic E-state index is -0.913. The first-order valence-corrected chi connectivity index (χ1v) is 10.5. The topological polar surface area (TPSA) is 32.7 Å². The molecule has 1 fully saturated rings. The molecule has 1 N–H and O–H groups in total. The van der Waals surface area contributed by atoms with Gasteiger partial charge in [0.25, 0.3) is 0 Å². The van der Waals surface area contributed by atoms with Crippen LogP contribution in [0.4, 0.5) is 0 Å². The fourth-order valence-corrected chi connectivity index (χ4v) is 5.04. The van der Waals surface area contributed by atoms with Crippen LogP contribution in [0.25, 0.3) is 0 Å². The van der Waals surface area contributed by atoms with E-state index in [1.807, 2.05) is 24.3 Å². The van der Waals surface area contributed by atoms with Gasteiger partial charge in [-0.15, -0.1) is 0 Å². The summed E-state index contributed by atoms with van der Waals surface area (Å²) >= 11 is 12.5. The highest BCUT2D eigenvalue weighted by molar-refractivity contribution is 6.34. The lowest BCUT2D eigenvalue weighted by atomic mass is 9.66. The van der Waals surface area contributed by atoms with E-state index in [1.165, 1.54) is 5.56 Å². The zero-order chi connectivity index (χ0) is 20.3. The van der Waals surface area contributed by atoms with Crippen LogP contribution in [-0.4, -0.2) is 37.8 Å². The van der Waals surface area contributed by atoms with E-state index in [1.54, 1.807) is 13.2 Å². The third-order valence-corrected chi connectivity index (χ3v) is 6.27. The third-order valence-electron chi connectivity index (χ3n) is 5.83. The average molecular weight is 422 g/mol. The summed E-state index contributed by atoms with van der Waals surface area (Å²) in [6.07, 6.45) is 3.61. The first-order chi connectivity index (χ1) is 13.3. The molecule has 152 valence electrons. The van der Waals surface area contributed by atoms with E-state index in [0.717, 1.165) is 37.1 Å². The van der Waals surface area contributed by atoms with Gasteiger partial charge in [0.05, 0.1) is 12.7 Å². The maximum Gasteiger partial charge on any atom is 0.119 e. The zero-order valence-electron chi connectivity index (χ0n) is 16.8. The fourth-order valence-electron chi connectivity index (χ4n) is 4.51. The summed E-state index contributed by atoms with van der Waals surface area (Å²) < 4.78 is 5.36. The van der Waals surface area contributed by atoms with Gasteiger partial charge in [-0.2, -0.15) is 0 Å². The maximum absolute atomic E-state index is 11.7. The highest BCUT2D eigenvalue weighted by Gasteiger charge is 2.43. The lowest BCUT2D eigenvalue weighted by Gasteiger charge is -2.45. The predicted octanol–water partition coefficient (Wildman–Crippen LogP) is 5.41. The summed E-state index contributed by atoms with van der Waals surface area (Å²) in [5.74, 6) is 1.52. The zero-order valence-corrected chi connectivity index (χ0v) is 18.3. The van der Waals surface area contributed by atoms with Crippen molar-refractivity contribution in [3.05, 3.63) is 63.6 Å². The van der Waals surface area contributed by atoms with Gasteiger partial charge in [0.15, 0.2) is 0 Å². The highest BCUT2D eigenvalue weighted by Crippen LogP contribution is 2.46. The Balaban J connectivity index is 1.82. The molecule has 28 heavy (non-hydrogen) atoms. The molecule has 2 aromatic carbocycles. The summed E-state index contributed by atoms with van der Waals surface area (Å²) in [6.45, 7) is 0.815. The number of halogens is 2. The van der Waals surface area contributed by atoms with Crippen LogP contribution < -0.4 is 4.74 Å². The number of nitrogens with zero attached hydrogens (tertiary/aromatic N) is 1. The van der Waals surface area contributed by atoms with Crippen molar-refractivity contribution < 1.29 is 9.84 Å². The Labute approximate surface area is 178 Å². The SMILES string of the molecule is COc1cccc(CC2CCC(O)(c3cc(Cl)cc(Cl)c3)C(CN(C)C)C2)c1. The summed E-state index contributed by atoms with van der Waals surface area (Å²) in [4.78, 5) is 2.15. The van der Waals surface area contributed by atoms with Crippen LogP contribution in [-0.2, 0) is 12.0 Å². The van der Waals surface area contributed by atoms with Crippen LogP contribution in [0.2, 0.25) is 10.0 Å². The smallest absolute Gasteiger partial charge is 0.119 e. The lowest BCUT2D eigenvalue weighted by molar-refractivity contribution is -0.0752. The first kappa shape index (κ1) is 21.4. The summed E-state index contributed by atoms with van der Waals surface area (Å²) in [5, 5.41) is 12.8. The lowest BCUT2D eigenvalue weighted by Crippen LogP contribution is -2.45. The van der Waals surface area contributed by atoms with Gasteiger partial charge >= 0.3 is 0 Å². The number of ether oxygens (including phenoxy) is 1. The van der Waals surface area contributed by atoms with Crippen LogP contribution >= 0.6 is 23.2 Å². The molecule has 1 saturated carbocycles. The molecule has 0 bridgehead atoms. The standard InChI is InChI=1S/C23H29Cl2NO2/c1-26(2)15-19-10-17(9-16-5-4-6-22(11-16)28-3)7-8-23(19,27)18-12-20(24)14-21(25)13-18/h4-6,11-14,17,19,27H,7-10,15H2,1-3H3. The van der Waals surface area contributed by atoms with Gasteiger partial charge in [-0.25, -0.2) is 0 Å². The van der Waals surface area contributed by atoms with Crippen molar-refractivity contribution in [2.45, 2.75) is 31.3 Å². The number of rotatable bonds is 6. The molecule has 1 aliphatic rings. The van der Waals surface area contributed by atoms with E-state index in [9.17, 15) is 5.11 Å². The number of methoxy groups -OCH3 is 1. The summed E-state index contributed by atoms with van der Waals surface area (Å²) in [6, 6.07) is 13.7. The van der Waals surface area contributed by atoms with Gasteiger partial charge in [-0.1, -0.05) is 35.3 Å². The molecule has 0 saturated heterocycles. The van der Waals surface area contributed by atoms with E-state index < -0.39 is 5.60 Å². The largest absolute Gasteiger partial charge is 0.497 e. The molecule has 0 aromatic heterocycles. The molecule has 0 radical (unpaired) electrons. The minimum absolute atomic E-state index is 0.112. The Morgan fingerprint density at radius 2 is 1.86 bits per heavy atom. The molecule has 2 aromatic rings. The van der Waals surface area contributed by atoms with Gasteiger partial charge in [0.1, 0.15) is 5.75 Å². The molecule has 3 nitrogen and oxygen atoms in total. The Morgan fingerprint density at radius 1 is 1.14 bits per heavy atom. The minimum Gasteiger partial charge on any atom is -0.497 e. The molecule has 1 aliphatic carbocycles. The van der Waals surface area contributed by atoms with Crippen molar-refractivity contribution in [2.24, 2.45) is 11.8 Å². The average Bonchev–Trinajstić information content (AvgIpc) is 2.63. The maximum atomic E-state index is 11.7. The van der Waals surface area contributed by atoms with E-state index >= 15 is 0 Å². The molecular formula is C23H29Cl2NO2. The summed E-state index contributed by atoms with van der Waals surface area (Å²) in [7, 11) is 5.80. The van der Waals surface area contributed by atoms with Gasteiger partial charge in [-0.05, 0) is 87.2 Å². The van der Waals surface area contributed by atoms with Crippen molar-refractivity contribution in [3.63, 3.8) is 0 Å². The van der Waals surface area contributed by atoms with Crippen molar-refractivity contribution in [1.29, 1.82) is 0 Å². The van der Waals surface area contributed by atoms with Crippen LogP contribution in [0.15, 0.2) is 42.5 Å². The second kappa shape index (κ2) is 9.04. The van der Waals surface area contributed by atoms with Crippen molar-refractivity contribution in [1.82, 2.24) is 4.90 Å². The van der Waals surface area contributed by atoms with Crippen LogP contribution in [0.5, 0.6) is 5.75 Å². The normalized spacial score (nSPS) is 25.1. The molecule has 3 unspecified atom stereocenters. The third kappa shape index (κ3) is 5.01. The monoisotopic (exact) mass is 421 g/mol. The van der Waals surface area contributed by atoms with Crippen LogP contribution in [0, 0.1) is 11.8 Å². The van der Waals surface area contributed by atoms with Crippen molar-refractivity contribution in [2.75, 3.05) is 27.7 Å². The Morgan fingerprint density at radius 3 is 2.50 bits per heavy atom. The van der Waals surface area contributed by atoms with Gasteiger partial charge in [0.2, 0.25) is 0 Å². The predicted molar refractivity (Wildman–Crippen MR) is 116 cm³/mol. The number of aliphatic hydroxyl groups is 1. The Kier molecular flexibility index (Phi) is 6.93. The van der Waals surface area contributed by atoms with Crippen molar-refractivity contribution >= 4 is 23.2 Å². The highest BCUT2D eigenvalue weighted by atomic mass is 35.5. The van der Waals surface area contributed by atoms with E-state index in [0.29, 0.717) is 22.4 Å².